The molecule has 0 saturated carbocycles. The summed E-state index contributed by atoms with van der Waals surface area (Å²) < 4.78 is 29.1. The van der Waals surface area contributed by atoms with E-state index in [-0.39, 0.29) is 11.5 Å². The van der Waals surface area contributed by atoms with Gasteiger partial charge >= 0.3 is 6.09 Å². The van der Waals surface area contributed by atoms with Gasteiger partial charge in [-0.15, -0.1) is 0 Å². The Morgan fingerprint density at radius 2 is 1.65 bits per heavy atom. The average molecular weight is 333 g/mol. The fourth-order valence-electron chi connectivity index (χ4n) is 1.88. The molecule has 6 heteroatoms. The van der Waals surface area contributed by atoms with Crippen LogP contribution in [-0.4, -0.2) is 19.8 Å². The number of sulfone groups is 1. The average Bonchev–Trinajstić information content (AvgIpc) is 2.54. The van der Waals surface area contributed by atoms with Crippen LogP contribution < -0.4 is 5.32 Å². The van der Waals surface area contributed by atoms with Crippen molar-refractivity contribution >= 4 is 21.6 Å². The summed E-state index contributed by atoms with van der Waals surface area (Å²) in [5.41, 5.74) is 1.37. The van der Waals surface area contributed by atoms with E-state index in [0.717, 1.165) is 5.56 Å². The Balaban J connectivity index is 1.94. The molecule has 0 saturated heterocycles. The van der Waals surface area contributed by atoms with Gasteiger partial charge in [0.05, 0.1) is 10.1 Å². The molecule has 0 aliphatic rings. The van der Waals surface area contributed by atoms with Gasteiger partial charge in [0.2, 0.25) is 0 Å². The molecule has 0 aliphatic carbocycles. The Kier molecular flexibility index (Phi) is 5.39. The van der Waals surface area contributed by atoms with Crippen molar-refractivity contribution in [2.24, 2.45) is 0 Å². The van der Waals surface area contributed by atoms with Gasteiger partial charge in [0, 0.05) is 5.69 Å². The predicted molar refractivity (Wildman–Crippen MR) is 89.0 cm³/mol. The van der Waals surface area contributed by atoms with Crippen LogP contribution in [0.2, 0.25) is 0 Å². The number of carbonyl (C=O) groups excluding carboxylic acids is 1. The molecule has 0 heterocycles. The number of hydrogen-bond donors (Lipinski definition) is 1. The lowest BCUT2D eigenvalue weighted by Crippen LogP contribution is -2.15. The van der Waals surface area contributed by atoms with E-state index in [4.69, 9.17) is 4.74 Å². The lowest BCUT2D eigenvalue weighted by Gasteiger charge is -2.10. The maximum Gasteiger partial charge on any atom is 0.411 e. The first-order valence-electron chi connectivity index (χ1n) is 7.21. The highest BCUT2D eigenvalue weighted by Crippen LogP contribution is 2.18. The normalized spacial score (nSPS) is 11.3. The van der Waals surface area contributed by atoms with Crippen LogP contribution in [0.4, 0.5) is 10.5 Å². The van der Waals surface area contributed by atoms with Gasteiger partial charge in [-0.3, -0.25) is 5.32 Å². The second-order valence-corrected chi connectivity index (χ2v) is 7.81. The van der Waals surface area contributed by atoms with Crippen molar-refractivity contribution in [3.8, 4) is 0 Å². The van der Waals surface area contributed by atoms with Gasteiger partial charge in [-0.1, -0.05) is 30.3 Å². The van der Waals surface area contributed by atoms with Crippen LogP contribution in [0.1, 0.15) is 19.4 Å². The van der Waals surface area contributed by atoms with E-state index in [1.807, 2.05) is 30.3 Å². The van der Waals surface area contributed by atoms with Crippen LogP contribution in [-0.2, 0) is 21.2 Å². The monoisotopic (exact) mass is 333 g/mol. The molecule has 5 nitrogen and oxygen atoms in total. The number of ether oxygens (including phenoxy) is 1. The van der Waals surface area contributed by atoms with Gasteiger partial charge in [0.1, 0.15) is 6.61 Å². The van der Waals surface area contributed by atoms with Crippen molar-refractivity contribution in [1.82, 2.24) is 0 Å². The molecule has 0 spiro atoms. The fraction of sp³-hybridized carbons (Fsp3) is 0.235. The van der Waals surface area contributed by atoms with E-state index in [0.29, 0.717) is 5.69 Å². The second-order valence-electron chi connectivity index (χ2n) is 5.30. The first kappa shape index (κ1) is 17.0. The number of rotatable bonds is 5. The minimum absolute atomic E-state index is 0.173. The molecule has 0 radical (unpaired) electrons. The van der Waals surface area contributed by atoms with E-state index in [2.05, 4.69) is 5.32 Å². The van der Waals surface area contributed by atoms with E-state index >= 15 is 0 Å². The Morgan fingerprint density at radius 1 is 1.04 bits per heavy atom. The van der Waals surface area contributed by atoms with Crippen molar-refractivity contribution in [1.29, 1.82) is 0 Å². The van der Waals surface area contributed by atoms with E-state index < -0.39 is 21.2 Å². The standard InChI is InChI=1S/C17H19NO4S/c1-13(2)23(20,21)16-10-8-15(9-11-16)18-17(19)22-12-14-6-4-3-5-7-14/h3-11,13H,12H2,1-2H3,(H,18,19). The molecule has 0 atom stereocenters. The highest BCUT2D eigenvalue weighted by atomic mass is 32.2. The maximum atomic E-state index is 12.0. The van der Waals surface area contributed by atoms with Crippen LogP contribution in [0.15, 0.2) is 59.5 Å². The van der Waals surface area contributed by atoms with Gasteiger partial charge in [0.25, 0.3) is 0 Å². The molecule has 23 heavy (non-hydrogen) atoms. The van der Waals surface area contributed by atoms with Gasteiger partial charge < -0.3 is 4.74 Å². The van der Waals surface area contributed by atoms with Crippen molar-refractivity contribution in [3.05, 3.63) is 60.2 Å². The molecule has 2 rings (SSSR count). The van der Waals surface area contributed by atoms with Crippen molar-refractivity contribution in [2.75, 3.05) is 5.32 Å². The number of benzene rings is 2. The van der Waals surface area contributed by atoms with E-state index in [9.17, 15) is 13.2 Å². The third-order valence-corrected chi connectivity index (χ3v) is 5.43. The summed E-state index contributed by atoms with van der Waals surface area (Å²) in [5, 5.41) is 2.08. The summed E-state index contributed by atoms with van der Waals surface area (Å²) in [5.74, 6) is 0. The molecule has 122 valence electrons. The fourth-order valence-corrected chi connectivity index (χ4v) is 2.94. The molecule has 0 fully saturated rings. The molecule has 1 amide bonds. The quantitative estimate of drug-likeness (QED) is 0.907. The lowest BCUT2D eigenvalue weighted by atomic mass is 10.2. The summed E-state index contributed by atoms with van der Waals surface area (Å²) in [6.07, 6.45) is -0.590. The minimum atomic E-state index is -3.31. The number of carbonyl (C=O) groups is 1. The van der Waals surface area contributed by atoms with Crippen LogP contribution in [0.25, 0.3) is 0 Å². The Labute approximate surface area is 136 Å². The predicted octanol–water partition coefficient (Wildman–Crippen LogP) is 3.62. The molecule has 1 N–H and O–H groups in total. The topological polar surface area (TPSA) is 72.5 Å². The molecule has 0 aliphatic heterocycles. The zero-order valence-corrected chi connectivity index (χ0v) is 13.8. The maximum absolute atomic E-state index is 12.0. The SMILES string of the molecule is CC(C)S(=O)(=O)c1ccc(NC(=O)OCc2ccccc2)cc1. The minimum Gasteiger partial charge on any atom is -0.444 e. The van der Waals surface area contributed by atoms with Crippen molar-refractivity contribution < 1.29 is 17.9 Å². The highest BCUT2D eigenvalue weighted by Gasteiger charge is 2.18. The molecular weight excluding hydrogens is 314 g/mol. The smallest absolute Gasteiger partial charge is 0.411 e. The number of amides is 1. The van der Waals surface area contributed by atoms with E-state index in [1.54, 1.807) is 26.0 Å². The molecule has 0 aromatic heterocycles. The number of hydrogen-bond acceptors (Lipinski definition) is 4. The largest absolute Gasteiger partial charge is 0.444 e. The molecule has 0 bridgehead atoms. The summed E-state index contributed by atoms with van der Waals surface area (Å²) in [7, 11) is -3.31. The van der Waals surface area contributed by atoms with Gasteiger partial charge in [-0.05, 0) is 43.7 Å². The summed E-state index contributed by atoms with van der Waals surface area (Å²) in [6, 6.07) is 15.4. The second kappa shape index (κ2) is 7.28. The van der Waals surface area contributed by atoms with Crippen LogP contribution >= 0.6 is 0 Å². The van der Waals surface area contributed by atoms with Crippen LogP contribution in [0.3, 0.4) is 0 Å². The van der Waals surface area contributed by atoms with Crippen molar-refractivity contribution in [3.63, 3.8) is 0 Å². The van der Waals surface area contributed by atoms with Gasteiger partial charge in [-0.25, -0.2) is 13.2 Å². The summed E-state index contributed by atoms with van der Waals surface area (Å²) in [4.78, 5) is 12.0. The van der Waals surface area contributed by atoms with E-state index in [1.165, 1.54) is 12.1 Å². The first-order valence-corrected chi connectivity index (χ1v) is 8.76. The van der Waals surface area contributed by atoms with Crippen molar-refractivity contribution in [2.45, 2.75) is 30.6 Å². The Hall–Kier alpha value is -2.34. The van der Waals surface area contributed by atoms with Crippen LogP contribution in [0, 0.1) is 0 Å². The zero-order chi connectivity index (χ0) is 16.9. The Bertz CT molecular complexity index is 753. The number of anilines is 1. The molecule has 0 unspecified atom stereocenters. The highest BCUT2D eigenvalue weighted by molar-refractivity contribution is 7.92. The molecular formula is C17H19NO4S. The molecule has 2 aromatic carbocycles. The van der Waals surface area contributed by atoms with Gasteiger partial charge in [0.15, 0.2) is 9.84 Å². The summed E-state index contributed by atoms with van der Waals surface area (Å²) >= 11 is 0. The number of nitrogens with one attached hydrogen (secondary N) is 1. The lowest BCUT2D eigenvalue weighted by molar-refractivity contribution is 0.155. The zero-order valence-electron chi connectivity index (χ0n) is 13.0. The Morgan fingerprint density at radius 3 is 2.22 bits per heavy atom. The third kappa shape index (κ3) is 4.56. The third-order valence-electron chi connectivity index (χ3n) is 3.26. The van der Waals surface area contributed by atoms with Crippen LogP contribution in [0.5, 0.6) is 0 Å². The van der Waals surface area contributed by atoms with Gasteiger partial charge in [-0.2, -0.15) is 0 Å². The molecule has 2 aromatic rings. The summed E-state index contributed by atoms with van der Waals surface area (Å²) in [6.45, 7) is 3.43. The first-order chi connectivity index (χ1) is 10.9.